The van der Waals surface area contributed by atoms with E-state index in [2.05, 4.69) is 16.2 Å². The normalized spacial score (nSPS) is 11.2. The summed E-state index contributed by atoms with van der Waals surface area (Å²) in [6.45, 7) is 5.64. The standard InChI is InChI=1S/C19H23N3O3S/c1-12-6-5-7-17(13(12)2)25-14(3)18(23)21-22-19(26)20-15-8-10-16(24-4)11-9-15/h5-11,14H,1-4H3,(H,21,23)(H2,20,22,26)/t14-/m0/s1. The number of benzene rings is 2. The summed E-state index contributed by atoms with van der Waals surface area (Å²) in [5.41, 5.74) is 8.09. The predicted molar refractivity (Wildman–Crippen MR) is 106 cm³/mol. The number of thiocarbonyl (C=S) groups is 1. The molecule has 1 atom stereocenters. The molecule has 6 nitrogen and oxygen atoms in total. The van der Waals surface area contributed by atoms with Crippen molar-refractivity contribution in [3.63, 3.8) is 0 Å². The first kappa shape index (κ1) is 19.5. The first-order chi connectivity index (χ1) is 12.4. The molecule has 0 fully saturated rings. The summed E-state index contributed by atoms with van der Waals surface area (Å²) in [5.74, 6) is 1.11. The van der Waals surface area contributed by atoms with Gasteiger partial charge in [-0.3, -0.25) is 15.6 Å². The maximum Gasteiger partial charge on any atom is 0.279 e. The Morgan fingerprint density at radius 2 is 1.77 bits per heavy atom. The zero-order valence-corrected chi connectivity index (χ0v) is 16.1. The minimum absolute atomic E-state index is 0.266. The Hall–Kier alpha value is -2.80. The Labute approximate surface area is 158 Å². The van der Waals surface area contributed by atoms with Crippen LogP contribution in [0.2, 0.25) is 0 Å². The lowest BCUT2D eigenvalue weighted by Crippen LogP contribution is -2.48. The molecule has 7 heteroatoms. The third-order valence-corrected chi connectivity index (χ3v) is 4.08. The summed E-state index contributed by atoms with van der Waals surface area (Å²) < 4.78 is 10.8. The zero-order valence-electron chi connectivity index (χ0n) is 15.3. The van der Waals surface area contributed by atoms with Crippen molar-refractivity contribution in [1.82, 2.24) is 10.9 Å². The van der Waals surface area contributed by atoms with Gasteiger partial charge in [-0.2, -0.15) is 0 Å². The number of aryl methyl sites for hydroxylation is 1. The second-order valence-electron chi connectivity index (χ2n) is 5.76. The third-order valence-electron chi connectivity index (χ3n) is 3.88. The van der Waals surface area contributed by atoms with Crippen LogP contribution in [0.15, 0.2) is 42.5 Å². The molecular weight excluding hydrogens is 350 g/mol. The van der Waals surface area contributed by atoms with Gasteiger partial charge < -0.3 is 14.8 Å². The first-order valence-corrected chi connectivity index (χ1v) is 8.55. The topological polar surface area (TPSA) is 71.6 Å². The van der Waals surface area contributed by atoms with Crippen molar-refractivity contribution < 1.29 is 14.3 Å². The highest BCUT2D eigenvalue weighted by atomic mass is 32.1. The predicted octanol–water partition coefficient (Wildman–Crippen LogP) is 3.10. The maximum absolute atomic E-state index is 12.2. The third kappa shape index (κ3) is 5.35. The summed E-state index contributed by atoms with van der Waals surface area (Å²) in [6.07, 6.45) is -0.674. The SMILES string of the molecule is COc1ccc(NC(=S)NNC(=O)[C@H](C)Oc2cccc(C)c2C)cc1. The summed E-state index contributed by atoms with van der Waals surface area (Å²) in [7, 11) is 1.60. The molecule has 26 heavy (non-hydrogen) atoms. The number of hydrazine groups is 1. The number of anilines is 1. The van der Waals surface area contributed by atoms with Gasteiger partial charge in [0, 0.05) is 5.69 Å². The number of hydrogen-bond donors (Lipinski definition) is 3. The quantitative estimate of drug-likeness (QED) is 0.553. The minimum atomic E-state index is -0.674. The number of carbonyl (C=O) groups excluding carboxylic acids is 1. The number of carbonyl (C=O) groups is 1. The zero-order chi connectivity index (χ0) is 19.1. The summed E-state index contributed by atoms with van der Waals surface area (Å²) in [6, 6.07) is 13.0. The Kier molecular flexibility index (Phi) is 6.80. The maximum atomic E-state index is 12.2. The van der Waals surface area contributed by atoms with Crippen molar-refractivity contribution in [3.8, 4) is 11.5 Å². The van der Waals surface area contributed by atoms with E-state index in [0.29, 0.717) is 5.75 Å². The monoisotopic (exact) mass is 373 g/mol. The molecule has 0 saturated carbocycles. The molecule has 138 valence electrons. The second-order valence-corrected chi connectivity index (χ2v) is 6.16. The highest BCUT2D eigenvalue weighted by Gasteiger charge is 2.16. The number of amides is 1. The number of methoxy groups -OCH3 is 1. The Morgan fingerprint density at radius 3 is 2.42 bits per heavy atom. The second kappa shape index (κ2) is 9.05. The van der Waals surface area contributed by atoms with Crippen LogP contribution in [-0.2, 0) is 4.79 Å². The molecule has 0 aliphatic heterocycles. The van der Waals surface area contributed by atoms with Crippen LogP contribution in [0, 0.1) is 13.8 Å². The number of nitrogens with one attached hydrogen (secondary N) is 3. The van der Waals surface area contributed by atoms with Crippen molar-refractivity contribution in [3.05, 3.63) is 53.6 Å². The summed E-state index contributed by atoms with van der Waals surface area (Å²) >= 11 is 5.16. The summed E-state index contributed by atoms with van der Waals surface area (Å²) in [5, 5.41) is 3.23. The molecule has 0 aliphatic carbocycles. The van der Waals surface area contributed by atoms with E-state index in [1.165, 1.54) is 0 Å². The molecule has 2 aromatic carbocycles. The molecule has 0 heterocycles. The van der Waals surface area contributed by atoms with Crippen LogP contribution in [-0.4, -0.2) is 24.2 Å². The minimum Gasteiger partial charge on any atom is -0.497 e. The molecule has 1 amide bonds. The number of rotatable bonds is 5. The molecule has 0 bridgehead atoms. The van der Waals surface area contributed by atoms with Crippen molar-refractivity contribution in [2.75, 3.05) is 12.4 Å². The van der Waals surface area contributed by atoms with Crippen LogP contribution in [0.1, 0.15) is 18.1 Å². The molecule has 0 radical (unpaired) electrons. The molecule has 2 aromatic rings. The van der Waals surface area contributed by atoms with E-state index in [0.717, 1.165) is 22.6 Å². The lowest BCUT2D eigenvalue weighted by Gasteiger charge is -2.18. The van der Waals surface area contributed by atoms with E-state index in [9.17, 15) is 4.79 Å². The molecule has 0 aliphatic rings. The van der Waals surface area contributed by atoms with Gasteiger partial charge in [-0.15, -0.1) is 0 Å². The van der Waals surface area contributed by atoms with Gasteiger partial charge in [0.25, 0.3) is 5.91 Å². The van der Waals surface area contributed by atoms with Crippen LogP contribution in [0.25, 0.3) is 0 Å². The van der Waals surface area contributed by atoms with Crippen LogP contribution >= 0.6 is 12.2 Å². The molecule has 0 unspecified atom stereocenters. The van der Waals surface area contributed by atoms with Crippen LogP contribution < -0.4 is 25.6 Å². The van der Waals surface area contributed by atoms with Gasteiger partial charge in [-0.1, -0.05) is 12.1 Å². The molecule has 2 rings (SSSR count). The average molecular weight is 373 g/mol. The van der Waals surface area contributed by atoms with Crippen LogP contribution in [0.4, 0.5) is 5.69 Å². The molecule has 0 saturated heterocycles. The van der Waals surface area contributed by atoms with E-state index < -0.39 is 6.10 Å². The lowest BCUT2D eigenvalue weighted by atomic mass is 10.1. The van der Waals surface area contributed by atoms with Gasteiger partial charge in [0.1, 0.15) is 11.5 Å². The van der Waals surface area contributed by atoms with Crippen molar-refractivity contribution in [1.29, 1.82) is 0 Å². The fourth-order valence-corrected chi connectivity index (χ4v) is 2.32. The molecule has 0 aromatic heterocycles. The number of hydrogen-bond acceptors (Lipinski definition) is 4. The lowest BCUT2D eigenvalue weighted by molar-refractivity contribution is -0.127. The average Bonchev–Trinajstić information content (AvgIpc) is 2.64. The van der Waals surface area contributed by atoms with E-state index in [4.69, 9.17) is 21.7 Å². The fraction of sp³-hybridized carbons (Fsp3) is 0.263. The molecular formula is C19H23N3O3S. The fourth-order valence-electron chi connectivity index (χ4n) is 2.15. The molecule has 3 N–H and O–H groups in total. The van der Waals surface area contributed by atoms with Crippen molar-refractivity contribution in [2.24, 2.45) is 0 Å². The highest BCUT2D eigenvalue weighted by molar-refractivity contribution is 7.80. The Balaban J connectivity index is 1.82. The van der Waals surface area contributed by atoms with Gasteiger partial charge in [-0.25, -0.2) is 0 Å². The van der Waals surface area contributed by atoms with Gasteiger partial charge in [0.15, 0.2) is 11.2 Å². The van der Waals surface area contributed by atoms with Crippen molar-refractivity contribution >= 4 is 28.9 Å². The smallest absolute Gasteiger partial charge is 0.279 e. The number of ether oxygens (including phenoxy) is 2. The van der Waals surface area contributed by atoms with E-state index in [-0.39, 0.29) is 11.0 Å². The highest BCUT2D eigenvalue weighted by Crippen LogP contribution is 2.21. The van der Waals surface area contributed by atoms with E-state index >= 15 is 0 Å². The Bertz CT molecular complexity index is 778. The first-order valence-electron chi connectivity index (χ1n) is 8.14. The van der Waals surface area contributed by atoms with Crippen LogP contribution in [0.5, 0.6) is 11.5 Å². The Morgan fingerprint density at radius 1 is 1.08 bits per heavy atom. The van der Waals surface area contributed by atoms with Gasteiger partial charge in [0.05, 0.1) is 7.11 Å². The van der Waals surface area contributed by atoms with Gasteiger partial charge in [-0.05, 0) is 74.4 Å². The van der Waals surface area contributed by atoms with Gasteiger partial charge in [0.2, 0.25) is 0 Å². The van der Waals surface area contributed by atoms with Crippen molar-refractivity contribution in [2.45, 2.75) is 26.9 Å². The van der Waals surface area contributed by atoms with Crippen LogP contribution in [0.3, 0.4) is 0 Å². The van der Waals surface area contributed by atoms with Gasteiger partial charge >= 0.3 is 0 Å². The summed E-state index contributed by atoms with van der Waals surface area (Å²) in [4.78, 5) is 12.2. The van der Waals surface area contributed by atoms with E-state index in [1.807, 2.05) is 56.3 Å². The molecule has 0 spiro atoms. The van der Waals surface area contributed by atoms with E-state index in [1.54, 1.807) is 14.0 Å². The largest absolute Gasteiger partial charge is 0.497 e.